The van der Waals surface area contributed by atoms with Gasteiger partial charge < -0.3 is 14.2 Å². The van der Waals surface area contributed by atoms with Crippen LogP contribution in [0.4, 0.5) is 0 Å². The summed E-state index contributed by atoms with van der Waals surface area (Å²) in [6, 6.07) is 22.8. The Morgan fingerprint density at radius 3 is 1.94 bits per heavy atom. The number of para-hydroxylation sites is 1. The molecule has 0 amide bonds. The van der Waals surface area contributed by atoms with Crippen LogP contribution < -0.4 is 14.2 Å². The quantitative estimate of drug-likeness (QED) is 0.177. The maximum atomic E-state index is 12.4. The molecule has 0 saturated carbocycles. The molecule has 0 aromatic heterocycles. The molecule has 5 nitrogen and oxygen atoms in total. The van der Waals surface area contributed by atoms with Gasteiger partial charge in [0, 0.05) is 6.07 Å². The number of esters is 2. The van der Waals surface area contributed by atoms with Gasteiger partial charge in [-0.2, -0.15) is 0 Å². The molecule has 0 aliphatic rings. The topological polar surface area (TPSA) is 61.8 Å². The van der Waals surface area contributed by atoms with Crippen LogP contribution in [0.1, 0.15) is 66.2 Å². The molecule has 0 atom stereocenters. The largest absolute Gasteiger partial charge is 0.494 e. The molecule has 33 heavy (non-hydrogen) atoms. The van der Waals surface area contributed by atoms with Crippen molar-refractivity contribution in [1.82, 2.24) is 0 Å². The molecule has 3 rings (SSSR count). The highest BCUT2D eigenvalue weighted by Crippen LogP contribution is 2.18. The van der Waals surface area contributed by atoms with Gasteiger partial charge in [-0.15, -0.1) is 0 Å². The molecule has 1 radical (unpaired) electrons. The Kier molecular flexibility index (Phi) is 9.52. The summed E-state index contributed by atoms with van der Waals surface area (Å²) in [5.41, 5.74) is 0.768. The minimum absolute atomic E-state index is 0.339. The van der Waals surface area contributed by atoms with E-state index >= 15 is 0 Å². The Hall–Kier alpha value is -3.60. The second-order valence-electron chi connectivity index (χ2n) is 7.67. The maximum absolute atomic E-state index is 12.4. The molecule has 5 heteroatoms. The van der Waals surface area contributed by atoms with E-state index in [2.05, 4.69) is 13.0 Å². The normalized spacial score (nSPS) is 10.5. The maximum Gasteiger partial charge on any atom is 0.343 e. The molecule has 0 bridgehead atoms. The first kappa shape index (κ1) is 24.1. The number of hydrogen-bond donors (Lipinski definition) is 0. The predicted molar refractivity (Wildman–Crippen MR) is 127 cm³/mol. The average Bonchev–Trinajstić information content (AvgIpc) is 2.85. The number of hydrogen-bond acceptors (Lipinski definition) is 5. The van der Waals surface area contributed by atoms with E-state index in [0.717, 1.165) is 12.2 Å². The Morgan fingerprint density at radius 1 is 0.697 bits per heavy atom. The second kappa shape index (κ2) is 13.1. The van der Waals surface area contributed by atoms with Crippen molar-refractivity contribution in [2.24, 2.45) is 0 Å². The minimum Gasteiger partial charge on any atom is -0.494 e. The zero-order valence-corrected chi connectivity index (χ0v) is 18.9. The first-order valence-corrected chi connectivity index (χ1v) is 11.4. The van der Waals surface area contributed by atoms with Gasteiger partial charge in [-0.1, -0.05) is 57.2 Å². The minimum atomic E-state index is -0.508. The lowest BCUT2D eigenvalue weighted by atomic mass is 10.1. The summed E-state index contributed by atoms with van der Waals surface area (Å²) in [5.74, 6) is 0.431. The van der Waals surface area contributed by atoms with Gasteiger partial charge in [-0.25, -0.2) is 9.59 Å². The number of carbonyl (C=O) groups excluding carboxylic acids is 2. The van der Waals surface area contributed by atoms with Crippen molar-refractivity contribution in [3.63, 3.8) is 0 Å². The summed E-state index contributed by atoms with van der Waals surface area (Å²) in [6.07, 6.45) is 7.27. The zero-order valence-electron chi connectivity index (χ0n) is 18.9. The fraction of sp³-hybridized carbons (Fsp3) is 0.286. The lowest BCUT2D eigenvalue weighted by Crippen LogP contribution is -2.10. The summed E-state index contributed by atoms with van der Waals surface area (Å²) in [7, 11) is 0. The summed E-state index contributed by atoms with van der Waals surface area (Å²) < 4.78 is 16.4. The summed E-state index contributed by atoms with van der Waals surface area (Å²) >= 11 is 0. The molecule has 0 saturated heterocycles. The van der Waals surface area contributed by atoms with Crippen LogP contribution in [0.15, 0.2) is 72.8 Å². The molecular weight excluding hydrogens is 416 g/mol. The highest BCUT2D eigenvalue weighted by atomic mass is 16.5. The number of benzene rings is 3. The van der Waals surface area contributed by atoms with E-state index in [1.807, 2.05) is 0 Å². The van der Waals surface area contributed by atoms with E-state index in [-0.39, 0.29) is 0 Å². The predicted octanol–water partition coefficient (Wildman–Crippen LogP) is 6.66. The lowest BCUT2D eigenvalue weighted by Gasteiger charge is -2.08. The molecule has 0 aliphatic heterocycles. The molecule has 0 unspecified atom stereocenters. The van der Waals surface area contributed by atoms with Crippen molar-refractivity contribution in [1.29, 1.82) is 0 Å². The van der Waals surface area contributed by atoms with Crippen molar-refractivity contribution in [3.05, 3.63) is 90.0 Å². The highest BCUT2D eigenvalue weighted by molar-refractivity contribution is 5.92. The van der Waals surface area contributed by atoms with Crippen LogP contribution in [0, 0.1) is 6.07 Å². The monoisotopic (exact) mass is 445 g/mol. The third-order valence-electron chi connectivity index (χ3n) is 5.04. The van der Waals surface area contributed by atoms with E-state index in [4.69, 9.17) is 14.2 Å². The Balaban J connectivity index is 1.44. The fourth-order valence-corrected chi connectivity index (χ4v) is 3.18. The molecule has 0 heterocycles. The van der Waals surface area contributed by atoms with E-state index in [0.29, 0.717) is 29.2 Å². The summed E-state index contributed by atoms with van der Waals surface area (Å²) in [6.45, 7) is 2.88. The SMILES string of the molecule is CCCCCCCCOc1ccc(C(=O)Oc2ccc(C(=O)Oc3[c]cccc3)cc2)cc1. The van der Waals surface area contributed by atoms with Crippen LogP contribution in [0.2, 0.25) is 0 Å². The fourth-order valence-electron chi connectivity index (χ4n) is 3.18. The lowest BCUT2D eigenvalue weighted by molar-refractivity contribution is 0.0730. The van der Waals surface area contributed by atoms with Gasteiger partial charge in [0.15, 0.2) is 0 Å². The van der Waals surface area contributed by atoms with E-state index in [1.54, 1.807) is 72.8 Å². The molecule has 0 aliphatic carbocycles. The van der Waals surface area contributed by atoms with Crippen molar-refractivity contribution in [2.75, 3.05) is 6.61 Å². The molecule has 0 spiro atoms. The van der Waals surface area contributed by atoms with Gasteiger partial charge in [-0.05, 0) is 61.0 Å². The number of unbranched alkanes of at least 4 members (excludes halogenated alkanes) is 5. The third-order valence-corrected chi connectivity index (χ3v) is 5.04. The van der Waals surface area contributed by atoms with Crippen LogP contribution in [-0.2, 0) is 0 Å². The third kappa shape index (κ3) is 8.11. The zero-order chi connectivity index (χ0) is 23.3. The van der Waals surface area contributed by atoms with Gasteiger partial charge >= 0.3 is 11.9 Å². The first-order valence-electron chi connectivity index (χ1n) is 11.4. The Morgan fingerprint density at radius 2 is 1.30 bits per heavy atom. The first-order chi connectivity index (χ1) is 16.2. The standard InChI is InChI=1S/C28H29O5/c1-2-3-4-5-6-10-21-31-24-17-13-22(14-18-24)28(30)33-26-19-15-23(16-20-26)27(29)32-25-11-8-7-9-12-25/h7-9,11,13-20H,2-6,10,21H2,1H3. The van der Waals surface area contributed by atoms with Gasteiger partial charge in [0.05, 0.1) is 17.7 Å². The molecular formula is C28H29O5. The number of rotatable bonds is 12. The number of ether oxygens (including phenoxy) is 3. The summed E-state index contributed by atoms with van der Waals surface area (Å²) in [4.78, 5) is 24.6. The Bertz CT molecular complexity index is 995. The van der Waals surface area contributed by atoms with Gasteiger partial charge in [0.1, 0.15) is 17.2 Å². The van der Waals surface area contributed by atoms with Gasteiger partial charge in [0.25, 0.3) is 0 Å². The van der Waals surface area contributed by atoms with Gasteiger partial charge in [0.2, 0.25) is 0 Å². The molecule has 3 aromatic carbocycles. The molecule has 0 N–H and O–H groups in total. The highest BCUT2D eigenvalue weighted by Gasteiger charge is 2.12. The van der Waals surface area contributed by atoms with Crippen molar-refractivity contribution >= 4 is 11.9 Å². The molecule has 0 fully saturated rings. The smallest absolute Gasteiger partial charge is 0.343 e. The second-order valence-corrected chi connectivity index (χ2v) is 7.67. The van der Waals surface area contributed by atoms with Crippen molar-refractivity contribution in [2.45, 2.75) is 45.4 Å². The van der Waals surface area contributed by atoms with Gasteiger partial charge in [-0.3, -0.25) is 0 Å². The Labute approximate surface area is 195 Å². The van der Waals surface area contributed by atoms with Crippen molar-refractivity contribution in [3.8, 4) is 17.2 Å². The number of carbonyl (C=O) groups is 2. The average molecular weight is 446 g/mol. The van der Waals surface area contributed by atoms with Crippen LogP contribution in [0.3, 0.4) is 0 Å². The van der Waals surface area contributed by atoms with E-state index in [1.165, 1.54) is 32.1 Å². The molecule has 171 valence electrons. The van der Waals surface area contributed by atoms with Crippen LogP contribution in [0.5, 0.6) is 17.2 Å². The van der Waals surface area contributed by atoms with E-state index < -0.39 is 11.9 Å². The van der Waals surface area contributed by atoms with Crippen LogP contribution >= 0.6 is 0 Å². The van der Waals surface area contributed by atoms with Crippen molar-refractivity contribution < 1.29 is 23.8 Å². The molecule has 3 aromatic rings. The summed E-state index contributed by atoms with van der Waals surface area (Å²) in [5, 5.41) is 0. The van der Waals surface area contributed by atoms with E-state index in [9.17, 15) is 9.59 Å². The van der Waals surface area contributed by atoms with Crippen LogP contribution in [0.25, 0.3) is 0 Å². The van der Waals surface area contributed by atoms with Crippen LogP contribution in [-0.4, -0.2) is 18.5 Å².